The fraction of sp³-hybridized carbons (Fsp3) is 0.0476. The van der Waals surface area contributed by atoms with E-state index in [-0.39, 0.29) is 16.8 Å². The summed E-state index contributed by atoms with van der Waals surface area (Å²) in [5, 5.41) is 13.9. The molecule has 144 valence electrons. The number of amidine groups is 1. The van der Waals surface area contributed by atoms with Gasteiger partial charge in [0.1, 0.15) is 5.75 Å². The first-order chi connectivity index (χ1) is 14.2. The summed E-state index contributed by atoms with van der Waals surface area (Å²) < 4.78 is 5.54. The van der Waals surface area contributed by atoms with Crippen molar-refractivity contribution in [3.8, 4) is 11.5 Å². The van der Waals surface area contributed by atoms with Gasteiger partial charge in [-0.05, 0) is 22.9 Å². The number of oxime groups is 1. The lowest BCUT2D eigenvalue weighted by atomic mass is 10.0. The van der Waals surface area contributed by atoms with E-state index in [9.17, 15) is 4.79 Å². The first kappa shape index (κ1) is 18.7. The van der Waals surface area contributed by atoms with Crippen LogP contribution in [0.4, 0.5) is 0 Å². The second-order valence-corrected chi connectivity index (χ2v) is 6.92. The molecule has 0 unspecified atom stereocenters. The minimum Gasteiger partial charge on any atom is -0.411 e. The van der Waals surface area contributed by atoms with Crippen LogP contribution in [0, 0.1) is 0 Å². The van der Waals surface area contributed by atoms with Crippen LogP contribution in [0.2, 0.25) is 0 Å². The number of thioether (sulfide) groups is 1. The van der Waals surface area contributed by atoms with Gasteiger partial charge in [-0.3, -0.25) is 0 Å². The Hall–Kier alpha value is -3.65. The normalized spacial score (nSPS) is 11.5. The summed E-state index contributed by atoms with van der Waals surface area (Å²) in [6, 6.07) is 22.8. The van der Waals surface area contributed by atoms with E-state index in [0.717, 1.165) is 28.1 Å². The van der Waals surface area contributed by atoms with E-state index < -0.39 is 5.97 Å². The molecule has 0 aliphatic heterocycles. The van der Waals surface area contributed by atoms with Gasteiger partial charge >= 0.3 is 5.97 Å². The Morgan fingerprint density at radius 3 is 2.62 bits per heavy atom. The number of hydrogen-bond acceptors (Lipinski definition) is 7. The van der Waals surface area contributed by atoms with Gasteiger partial charge in [0.05, 0.1) is 0 Å². The molecule has 0 saturated heterocycles. The predicted molar refractivity (Wildman–Crippen MR) is 111 cm³/mol. The van der Waals surface area contributed by atoms with Gasteiger partial charge in [0, 0.05) is 11.1 Å². The molecule has 0 saturated carbocycles. The first-order valence-electron chi connectivity index (χ1n) is 8.74. The van der Waals surface area contributed by atoms with Crippen LogP contribution in [0.5, 0.6) is 0 Å². The van der Waals surface area contributed by atoms with E-state index in [1.54, 1.807) is 0 Å². The third kappa shape index (κ3) is 4.44. The molecule has 0 radical (unpaired) electrons. The molecule has 3 aromatic carbocycles. The molecule has 8 heteroatoms. The Morgan fingerprint density at radius 1 is 1.00 bits per heavy atom. The van der Waals surface area contributed by atoms with E-state index in [2.05, 4.69) is 15.4 Å². The number of carbonyl (C=O) groups excluding carboxylic acids is 1. The SMILES string of the molecule is N/C(=N\OC(=O)CSc1nnc(-c2ccccc2)o1)c1cccc2ccccc12. The van der Waals surface area contributed by atoms with Crippen molar-refractivity contribution in [1.82, 2.24) is 10.2 Å². The Bertz CT molecular complexity index is 1170. The van der Waals surface area contributed by atoms with Gasteiger partial charge in [-0.2, -0.15) is 0 Å². The van der Waals surface area contributed by atoms with Gasteiger partial charge < -0.3 is 15.0 Å². The zero-order chi connectivity index (χ0) is 20.1. The summed E-state index contributed by atoms with van der Waals surface area (Å²) in [5.41, 5.74) is 7.52. The summed E-state index contributed by atoms with van der Waals surface area (Å²) in [7, 11) is 0. The van der Waals surface area contributed by atoms with Gasteiger partial charge in [-0.1, -0.05) is 77.6 Å². The highest BCUT2D eigenvalue weighted by Gasteiger charge is 2.12. The highest BCUT2D eigenvalue weighted by molar-refractivity contribution is 7.99. The lowest BCUT2D eigenvalue weighted by molar-refractivity contribution is -0.140. The van der Waals surface area contributed by atoms with Crippen molar-refractivity contribution in [1.29, 1.82) is 0 Å². The molecule has 29 heavy (non-hydrogen) atoms. The summed E-state index contributed by atoms with van der Waals surface area (Å²) in [6.07, 6.45) is 0. The molecule has 7 nitrogen and oxygen atoms in total. The van der Waals surface area contributed by atoms with Crippen molar-refractivity contribution in [2.45, 2.75) is 5.22 Å². The van der Waals surface area contributed by atoms with Crippen molar-refractivity contribution < 1.29 is 14.0 Å². The van der Waals surface area contributed by atoms with Gasteiger partial charge in [-0.15, -0.1) is 10.2 Å². The number of benzene rings is 3. The van der Waals surface area contributed by atoms with E-state index >= 15 is 0 Å². The van der Waals surface area contributed by atoms with Gasteiger partial charge in [0.25, 0.3) is 5.22 Å². The topological polar surface area (TPSA) is 104 Å². The van der Waals surface area contributed by atoms with Gasteiger partial charge in [-0.25, -0.2) is 4.79 Å². The van der Waals surface area contributed by atoms with E-state index in [1.165, 1.54) is 0 Å². The molecule has 0 aliphatic rings. The number of rotatable bonds is 6. The number of aromatic nitrogens is 2. The number of nitrogens with two attached hydrogens (primary N) is 1. The number of fused-ring (bicyclic) bond motifs is 1. The number of nitrogens with zero attached hydrogens (tertiary/aromatic N) is 3. The van der Waals surface area contributed by atoms with Crippen molar-refractivity contribution in [3.05, 3.63) is 78.4 Å². The van der Waals surface area contributed by atoms with Crippen LogP contribution in [-0.2, 0) is 9.63 Å². The van der Waals surface area contributed by atoms with Crippen molar-refractivity contribution in [2.24, 2.45) is 10.9 Å². The van der Waals surface area contributed by atoms with Crippen LogP contribution in [0.1, 0.15) is 5.56 Å². The molecule has 0 fully saturated rings. The Labute approximate surface area is 170 Å². The number of carbonyl (C=O) groups is 1. The minimum absolute atomic E-state index is 0.0389. The summed E-state index contributed by atoms with van der Waals surface area (Å²) in [5.74, 6) is -0.0930. The summed E-state index contributed by atoms with van der Waals surface area (Å²) in [4.78, 5) is 16.9. The first-order valence-corrected chi connectivity index (χ1v) is 9.72. The lowest BCUT2D eigenvalue weighted by Crippen LogP contribution is -2.16. The van der Waals surface area contributed by atoms with Crippen molar-refractivity contribution in [2.75, 3.05) is 5.75 Å². The predicted octanol–water partition coefficient (Wildman–Crippen LogP) is 3.85. The van der Waals surface area contributed by atoms with Crippen LogP contribution < -0.4 is 5.73 Å². The van der Waals surface area contributed by atoms with Crippen molar-refractivity contribution >= 4 is 34.3 Å². The molecule has 0 atom stereocenters. The fourth-order valence-corrected chi connectivity index (χ4v) is 3.24. The third-order valence-corrected chi connectivity index (χ3v) is 4.84. The molecule has 0 aliphatic carbocycles. The molecule has 0 amide bonds. The maximum atomic E-state index is 12.0. The molecular formula is C21H16N4O3S. The van der Waals surface area contributed by atoms with Gasteiger partial charge in [0.15, 0.2) is 5.84 Å². The molecule has 1 aromatic heterocycles. The standard InChI is InChI=1S/C21H16N4O3S/c22-19(17-12-6-10-14-7-4-5-11-16(14)17)25-28-18(26)13-29-21-24-23-20(27-21)15-8-2-1-3-9-15/h1-12H,13H2,(H2,22,25). The molecule has 1 heterocycles. The third-order valence-electron chi connectivity index (χ3n) is 4.05. The zero-order valence-corrected chi connectivity index (χ0v) is 16.0. The van der Waals surface area contributed by atoms with Crippen LogP contribution in [0.3, 0.4) is 0 Å². The average molecular weight is 404 g/mol. The average Bonchev–Trinajstić information content (AvgIpc) is 3.25. The second kappa shape index (κ2) is 8.57. The highest BCUT2D eigenvalue weighted by atomic mass is 32.2. The van der Waals surface area contributed by atoms with E-state index in [1.807, 2.05) is 72.8 Å². The molecular weight excluding hydrogens is 388 g/mol. The zero-order valence-electron chi connectivity index (χ0n) is 15.2. The fourth-order valence-electron chi connectivity index (χ4n) is 2.71. The summed E-state index contributed by atoms with van der Waals surface area (Å²) >= 11 is 1.07. The highest BCUT2D eigenvalue weighted by Crippen LogP contribution is 2.23. The largest absolute Gasteiger partial charge is 0.411 e. The van der Waals surface area contributed by atoms with Crippen LogP contribution in [0.15, 0.2) is 87.6 Å². The van der Waals surface area contributed by atoms with Crippen molar-refractivity contribution in [3.63, 3.8) is 0 Å². The maximum absolute atomic E-state index is 12.0. The Balaban J connectivity index is 1.37. The Kier molecular flexibility index (Phi) is 5.53. The van der Waals surface area contributed by atoms with E-state index in [4.69, 9.17) is 15.0 Å². The number of hydrogen-bond donors (Lipinski definition) is 1. The van der Waals surface area contributed by atoms with Crippen LogP contribution >= 0.6 is 11.8 Å². The lowest BCUT2D eigenvalue weighted by Gasteiger charge is -2.05. The second-order valence-electron chi connectivity index (χ2n) is 5.99. The molecule has 4 rings (SSSR count). The molecule has 2 N–H and O–H groups in total. The van der Waals surface area contributed by atoms with Crippen LogP contribution in [-0.4, -0.2) is 27.8 Å². The molecule has 0 spiro atoms. The monoisotopic (exact) mass is 404 g/mol. The maximum Gasteiger partial charge on any atom is 0.345 e. The van der Waals surface area contributed by atoms with Gasteiger partial charge in [0.2, 0.25) is 5.89 Å². The van der Waals surface area contributed by atoms with Crippen LogP contribution in [0.25, 0.3) is 22.2 Å². The quantitative estimate of drug-likeness (QED) is 0.171. The Morgan fingerprint density at radius 2 is 1.76 bits per heavy atom. The van der Waals surface area contributed by atoms with E-state index in [0.29, 0.717) is 11.5 Å². The molecule has 4 aromatic rings. The smallest absolute Gasteiger partial charge is 0.345 e. The summed E-state index contributed by atoms with van der Waals surface area (Å²) in [6.45, 7) is 0. The minimum atomic E-state index is -0.572. The molecule has 0 bridgehead atoms.